The van der Waals surface area contributed by atoms with Crippen molar-refractivity contribution < 1.29 is 13.9 Å². The number of fused-ring (bicyclic) bond motifs is 1. The molecule has 2 aromatic carbocycles. The van der Waals surface area contributed by atoms with E-state index in [1.807, 2.05) is 13.0 Å². The molecule has 1 aliphatic heterocycles. The SMILES string of the molecule is C[C@H](Nc1c(C(=O)N2CCOCC2)cnc2ccc(Cl)cc12)c1ccc(F)cc1. The van der Waals surface area contributed by atoms with Crippen LogP contribution in [0, 0.1) is 5.82 Å². The van der Waals surface area contributed by atoms with E-state index in [2.05, 4.69) is 10.3 Å². The first-order valence-electron chi connectivity index (χ1n) is 9.50. The van der Waals surface area contributed by atoms with Gasteiger partial charge < -0.3 is 15.0 Å². The monoisotopic (exact) mass is 413 g/mol. The molecule has 7 heteroatoms. The molecule has 0 aliphatic carbocycles. The number of benzene rings is 2. The molecular formula is C22H21ClFN3O2. The Morgan fingerprint density at radius 3 is 2.66 bits per heavy atom. The molecule has 1 saturated heterocycles. The van der Waals surface area contributed by atoms with Crippen LogP contribution in [0.2, 0.25) is 5.02 Å². The van der Waals surface area contributed by atoms with Crippen molar-refractivity contribution in [3.05, 3.63) is 70.6 Å². The summed E-state index contributed by atoms with van der Waals surface area (Å²) in [6.07, 6.45) is 1.60. The minimum Gasteiger partial charge on any atom is -0.378 e. The third-order valence-electron chi connectivity index (χ3n) is 5.09. The first-order valence-corrected chi connectivity index (χ1v) is 9.88. The topological polar surface area (TPSA) is 54.5 Å². The zero-order valence-corrected chi connectivity index (χ0v) is 16.7. The lowest BCUT2D eigenvalue weighted by molar-refractivity contribution is 0.0303. The zero-order valence-electron chi connectivity index (χ0n) is 16.0. The molecule has 0 unspecified atom stereocenters. The van der Waals surface area contributed by atoms with Gasteiger partial charge in [0.25, 0.3) is 5.91 Å². The Labute approximate surface area is 173 Å². The number of hydrogen-bond acceptors (Lipinski definition) is 4. The fourth-order valence-electron chi connectivity index (χ4n) is 3.47. The molecule has 3 aromatic rings. The van der Waals surface area contributed by atoms with E-state index in [0.717, 1.165) is 16.5 Å². The van der Waals surface area contributed by atoms with E-state index in [1.165, 1.54) is 12.1 Å². The molecule has 1 amide bonds. The maximum Gasteiger partial charge on any atom is 0.257 e. The second-order valence-electron chi connectivity index (χ2n) is 7.03. The van der Waals surface area contributed by atoms with Crippen LogP contribution < -0.4 is 5.32 Å². The third kappa shape index (κ3) is 4.18. The van der Waals surface area contributed by atoms with Crippen LogP contribution in [0.25, 0.3) is 10.9 Å². The highest BCUT2D eigenvalue weighted by molar-refractivity contribution is 6.31. The predicted molar refractivity (Wildman–Crippen MR) is 112 cm³/mol. The summed E-state index contributed by atoms with van der Waals surface area (Å²) in [4.78, 5) is 19.5. The molecule has 1 N–H and O–H groups in total. The highest BCUT2D eigenvalue weighted by Crippen LogP contribution is 2.32. The number of pyridine rings is 1. The highest BCUT2D eigenvalue weighted by atomic mass is 35.5. The number of anilines is 1. The van der Waals surface area contributed by atoms with E-state index < -0.39 is 0 Å². The van der Waals surface area contributed by atoms with Gasteiger partial charge in [-0.1, -0.05) is 23.7 Å². The van der Waals surface area contributed by atoms with Gasteiger partial charge in [-0.25, -0.2) is 4.39 Å². The molecule has 1 fully saturated rings. The van der Waals surface area contributed by atoms with Gasteiger partial charge in [-0.2, -0.15) is 0 Å². The van der Waals surface area contributed by atoms with E-state index in [9.17, 15) is 9.18 Å². The summed E-state index contributed by atoms with van der Waals surface area (Å²) >= 11 is 6.23. The molecule has 29 heavy (non-hydrogen) atoms. The number of hydrogen-bond donors (Lipinski definition) is 1. The molecule has 1 aromatic heterocycles. The summed E-state index contributed by atoms with van der Waals surface area (Å²) in [5, 5.41) is 4.77. The van der Waals surface area contributed by atoms with Gasteiger partial charge in [0.15, 0.2) is 0 Å². The van der Waals surface area contributed by atoms with Crippen LogP contribution in [-0.4, -0.2) is 42.1 Å². The summed E-state index contributed by atoms with van der Waals surface area (Å²) in [5.41, 5.74) is 2.80. The Kier molecular flexibility index (Phi) is 5.65. The van der Waals surface area contributed by atoms with Crippen LogP contribution >= 0.6 is 11.6 Å². The fourth-order valence-corrected chi connectivity index (χ4v) is 3.64. The normalized spacial score (nSPS) is 15.3. The van der Waals surface area contributed by atoms with Crippen molar-refractivity contribution in [3.8, 4) is 0 Å². The molecule has 2 heterocycles. The number of nitrogens with zero attached hydrogens (tertiary/aromatic N) is 2. The maximum absolute atomic E-state index is 13.3. The molecule has 1 aliphatic rings. The Balaban J connectivity index is 1.76. The Morgan fingerprint density at radius 1 is 1.21 bits per heavy atom. The summed E-state index contributed by atoms with van der Waals surface area (Å²) < 4.78 is 18.7. The lowest BCUT2D eigenvalue weighted by atomic mass is 10.0. The number of nitrogens with one attached hydrogen (secondary N) is 1. The lowest BCUT2D eigenvalue weighted by Gasteiger charge is -2.28. The number of rotatable bonds is 4. The molecule has 5 nitrogen and oxygen atoms in total. The average Bonchev–Trinajstić information content (AvgIpc) is 2.74. The first-order chi connectivity index (χ1) is 14.0. The second kappa shape index (κ2) is 8.35. The molecular weight excluding hydrogens is 393 g/mol. The van der Waals surface area contributed by atoms with Gasteiger partial charge in [-0.3, -0.25) is 9.78 Å². The maximum atomic E-state index is 13.3. The highest BCUT2D eigenvalue weighted by Gasteiger charge is 2.24. The fraction of sp³-hybridized carbons (Fsp3) is 0.273. The van der Waals surface area contributed by atoms with Crippen molar-refractivity contribution in [1.82, 2.24) is 9.88 Å². The third-order valence-corrected chi connectivity index (χ3v) is 5.32. The second-order valence-corrected chi connectivity index (χ2v) is 7.47. The van der Waals surface area contributed by atoms with Crippen LogP contribution in [0.3, 0.4) is 0 Å². The average molecular weight is 414 g/mol. The van der Waals surface area contributed by atoms with Crippen LogP contribution in [-0.2, 0) is 4.74 Å². The van der Waals surface area contributed by atoms with E-state index in [4.69, 9.17) is 16.3 Å². The standard InChI is InChI=1S/C22H21ClFN3O2/c1-14(15-2-5-17(24)6-3-15)26-21-18-12-16(23)4-7-20(18)25-13-19(21)22(28)27-8-10-29-11-9-27/h2-7,12-14H,8-11H2,1H3,(H,25,26)/t14-/m0/s1. The largest absolute Gasteiger partial charge is 0.378 e. The summed E-state index contributed by atoms with van der Waals surface area (Å²) in [6, 6.07) is 11.6. The molecule has 1 atom stereocenters. The first kappa shape index (κ1) is 19.6. The van der Waals surface area contributed by atoms with Gasteiger partial charge in [0.05, 0.1) is 30.0 Å². The Bertz CT molecular complexity index is 1040. The number of ether oxygens (including phenoxy) is 1. The van der Waals surface area contributed by atoms with Crippen molar-refractivity contribution in [2.45, 2.75) is 13.0 Å². The minimum atomic E-state index is -0.287. The molecule has 0 radical (unpaired) electrons. The Morgan fingerprint density at radius 2 is 1.93 bits per heavy atom. The van der Waals surface area contributed by atoms with Crippen molar-refractivity contribution in [3.63, 3.8) is 0 Å². The molecule has 4 rings (SSSR count). The van der Waals surface area contributed by atoms with Gasteiger partial charge in [-0.15, -0.1) is 0 Å². The number of aromatic nitrogens is 1. The summed E-state index contributed by atoms with van der Waals surface area (Å²) in [5.74, 6) is -0.387. The van der Waals surface area contributed by atoms with Gasteiger partial charge in [0.1, 0.15) is 5.82 Å². The lowest BCUT2D eigenvalue weighted by Crippen LogP contribution is -2.41. The van der Waals surface area contributed by atoms with E-state index in [1.54, 1.807) is 35.4 Å². The Hall–Kier alpha value is -2.70. The van der Waals surface area contributed by atoms with Crippen LogP contribution in [0.5, 0.6) is 0 Å². The van der Waals surface area contributed by atoms with Crippen molar-refractivity contribution in [1.29, 1.82) is 0 Å². The number of amides is 1. The number of morpholine rings is 1. The summed E-state index contributed by atoms with van der Waals surface area (Å²) in [6.45, 7) is 4.09. The minimum absolute atomic E-state index is 0.100. The van der Waals surface area contributed by atoms with Crippen LogP contribution in [0.15, 0.2) is 48.7 Å². The van der Waals surface area contributed by atoms with Crippen LogP contribution in [0.1, 0.15) is 28.9 Å². The summed E-state index contributed by atoms with van der Waals surface area (Å²) in [7, 11) is 0. The van der Waals surface area contributed by atoms with Gasteiger partial charge >= 0.3 is 0 Å². The number of carbonyl (C=O) groups is 1. The van der Waals surface area contributed by atoms with Gasteiger partial charge in [0.2, 0.25) is 0 Å². The molecule has 0 spiro atoms. The van der Waals surface area contributed by atoms with Gasteiger partial charge in [-0.05, 0) is 42.8 Å². The van der Waals surface area contributed by atoms with E-state index >= 15 is 0 Å². The van der Waals surface area contributed by atoms with Crippen molar-refractivity contribution >= 4 is 34.1 Å². The van der Waals surface area contributed by atoms with E-state index in [0.29, 0.717) is 42.6 Å². The predicted octanol–water partition coefficient (Wildman–Crippen LogP) is 4.67. The number of carbonyl (C=O) groups excluding carboxylic acids is 1. The quantitative estimate of drug-likeness (QED) is 0.675. The van der Waals surface area contributed by atoms with Gasteiger partial charge in [0, 0.05) is 35.7 Å². The molecule has 0 saturated carbocycles. The molecule has 0 bridgehead atoms. The molecule has 150 valence electrons. The van der Waals surface area contributed by atoms with Crippen molar-refractivity contribution in [2.75, 3.05) is 31.6 Å². The van der Waals surface area contributed by atoms with E-state index in [-0.39, 0.29) is 17.8 Å². The van der Waals surface area contributed by atoms with Crippen molar-refractivity contribution in [2.24, 2.45) is 0 Å². The smallest absolute Gasteiger partial charge is 0.257 e. The van der Waals surface area contributed by atoms with Crippen LogP contribution in [0.4, 0.5) is 10.1 Å². The number of halogens is 2. The zero-order chi connectivity index (χ0) is 20.4.